The predicted molar refractivity (Wildman–Crippen MR) is 137 cm³/mol. The van der Waals surface area contributed by atoms with Gasteiger partial charge in [-0.1, -0.05) is 35.9 Å². The second-order valence-corrected chi connectivity index (χ2v) is 9.32. The highest BCUT2D eigenvalue weighted by Crippen LogP contribution is 2.14. The van der Waals surface area contributed by atoms with Crippen LogP contribution in [0.2, 0.25) is 0 Å². The topological polar surface area (TPSA) is 89.9 Å². The van der Waals surface area contributed by atoms with Crippen molar-refractivity contribution in [1.82, 2.24) is 19.9 Å². The smallest absolute Gasteiger partial charge is 0.215 e. The molecule has 1 aromatic heterocycles. The maximum atomic E-state index is 12.7. The van der Waals surface area contributed by atoms with Crippen LogP contribution >= 0.6 is 24.0 Å². The van der Waals surface area contributed by atoms with Gasteiger partial charge in [0, 0.05) is 52.5 Å². The lowest BCUT2D eigenvalue weighted by atomic mass is 10.1. The quantitative estimate of drug-likeness (QED) is 0.306. The Morgan fingerprint density at radius 2 is 1.77 bits per heavy atom. The zero-order chi connectivity index (χ0) is 21.4. The van der Waals surface area contributed by atoms with E-state index in [9.17, 15) is 8.42 Å². The van der Waals surface area contributed by atoms with Gasteiger partial charge in [0.25, 0.3) is 0 Å². The molecule has 0 spiro atoms. The Bertz CT molecular complexity index is 930. The lowest BCUT2D eigenvalue weighted by Gasteiger charge is -2.34. The minimum absolute atomic E-state index is 0. The van der Waals surface area contributed by atoms with Crippen LogP contribution in [0.5, 0.6) is 0 Å². The lowest BCUT2D eigenvalue weighted by Crippen LogP contribution is -2.50. The van der Waals surface area contributed by atoms with Gasteiger partial charge < -0.3 is 15.5 Å². The number of aromatic nitrogens is 1. The Morgan fingerprint density at radius 1 is 1.06 bits per heavy atom. The average molecular weight is 558 g/mol. The maximum absolute atomic E-state index is 12.7. The Hall–Kier alpha value is -1.92. The number of rotatable bonds is 7. The van der Waals surface area contributed by atoms with E-state index in [1.807, 2.05) is 18.2 Å². The van der Waals surface area contributed by atoms with Crippen molar-refractivity contribution in [2.24, 2.45) is 4.99 Å². The largest absolute Gasteiger partial charge is 0.355 e. The van der Waals surface area contributed by atoms with E-state index in [4.69, 9.17) is 0 Å². The molecule has 1 fully saturated rings. The third kappa shape index (κ3) is 7.62. The van der Waals surface area contributed by atoms with Crippen LogP contribution in [0, 0.1) is 6.92 Å². The average Bonchev–Trinajstić information content (AvgIpc) is 2.78. The fraction of sp³-hybridized carbons (Fsp3) is 0.429. The number of piperazine rings is 1. The summed E-state index contributed by atoms with van der Waals surface area (Å²) in [6.07, 6.45) is 1.75. The second-order valence-electron chi connectivity index (χ2n) is 7.23. The number of sulfonamides is 1. The fourth-order valence-electron chi connectivity index (χ4n) is 3.28. The molecule has 1 aliphatic heterocycles. The minimum atomic E-state index is -3.32. The van der Waals surface area contributed by atoms with Crippen molar-refractivity contribution in [3.63, 3.8) is 0 Å². The van der Waals surface area contributed by atoms with Gasteiger partial charge in [-0.2, -0.15) is 4.31 Å². The van der Waals surface area contributed by atoms with Crippen molar-refractivity contribution in [3.05, 3.63) is 59.8 Å². The van der Waals surface area contributed by atoms with E-state index in [2.05, 4.69) is 56.7 Å². The van der Waals surface area contributed by atoms with Crippen LogP contribution in [0.1, 0.15) is 11.1 Å². The van der Waals surface area contributed by atoms with Gasteiger partial charge >= 0.3 is 0 Å². The maximum Gasteiger partial charge on any atom is 0.215 e. The summed E-state index contributed by atoms with van der Waals surface area (Å²) in [5, 5.41) is 6.31. The van der Waals surface area contributed by atoms with Crippen molar-refractivity contribution < 1.29 is 8.42 Å². The highest BCUT2D eigenvalue weighted by molar-refractivity contribution is 14.0. The van der Waals surface area contributed by atoms with E-state index in [1.165, 1.54) is 5.56 Å². The summed E-state index contributed by atoms with van der Waals surface area (Å²) < 4.78 is 27.0. The molecule has 0 bridgehead atoms. The molecule has 0 atom stereocenters. The molecule has 0 aliphatic carbocycles. The predicted octanol–water partition coefficient (Wildman–Crippen LogP) is 1.83. The number of benzene rings is 1. The van der Waals surface area contributed by atoms with E-state index in [1.54, 1.807) is 17.5 Å². The molecule has 2 N–H and O–H groups in total. The molecule has 1 saturated heterocycles. The number of aliphatic imine (C=N–C) groups is 1. The van der Waals surface area contributed by atoms with Crippen LogP contribution in [0.15, 0.2) is 53.7 Å². The Labute approximate surface area is 202 Å². The molecule has 170 valence electrons. The van der Waals surface area contributed by atoms with Crippen molar-refractivity contribution >= 4 is 45.8 Å². The molecule has 0 radical (unpaired) electrons. The van der Waals surface area contributed by atoms with E-state index < -0.39 is 10.0 Å². The number of nitrogens with zero attached hydrogens (tertiary/aromatic N) is 4. The second kappa shape index (κ2) is 12.2. The van der Waals surface area contributed by atoms with Gasteiger partial charge in [-0.3, -0.25) is 4.99 Å². The zero-order valence-corrected chi connectivity index (χ0v) is 21.1. The van der Waals surface area contributed by atoms with E-state index in [0.29, 0.717) is 45.2 Å². The van der Waals surface area contributed by atoms with Gasteiger partial charge in [0.2, 0.25) is 10.0 Å². The lowest BCUT2D eigenvalue weighted by molar-refractivity contribution is 0.384. The number of aryl methyl sites for hydroxylation is 1. The zero-order valence-electron chi connectivity index (χ0n) is 18.0. The molecule has 31 heavy (non-hydrogen) atoms. The van der Waals surface area contributed by atoms with Crippen LogP contribution in [0.4, 0.5) is 5.82 Å². The van der Waals surface area contributed by atoms with Gasteiger partial charge in [0.1, 0.15) is 5.82 Å². The van der Waals surface area contributed by atoms with Crippen LogP contribution in [-0.2, 0) is 16.6 Å². The molecule has 10 heteroatoms. The SMILES string of the molecule is CN=C(NCCS(=O)(=O)N1CCN(c2ccccn2)CC1)NCc1ccc(C)cc1.I. The van der Waals surface area contributed by atoms with E-state index >= 15 is 0 Å². The highest BCUT2D eigenvalue weighted by Gasteiger charge is 2.27. The third-order valence-electron chi connectivity index (χ3n) is 5.06. The van der Waals surface area contributed by atoms with Gasteiger partial charge in [-0.25, -0.2) is 13.4 Å². The number of anilines is 1. The van der Waals surface area contributed by atoms with Crippen LogP contribution in [-0.4, -0.2) is 69.2 Å². The van der Waals surface area contributed by atoms with Crippen molar-refractivity contribution in [3.8, 4) is 0 Å². The number of hydrogen-bond acceptors (Lipinski definition) is 5. The number of halogens is 1. The summed E-state index contributed by atoms with van der Waals surface area (Å²) in [4.78, 5) is 10.6. The van der Waals surface area contributed by atoms with Crippen LogP contribution in [0.25, 0.3) is 0 Å². The first-order valence-electron chi connectivity index (χ1n) is 10.1. The van der Waals surface area contributed by atoms with Gasteiger partial charge in [-0.05, 0) is 24.6 Å². The first kappa shape index (κ1) is 25.3. The van der Waals surface area contributed by atoms with Gasteiger partial charge in [-0.15, -0.1) is 24.0 Å². The Kier molecular flexibility index (Phi) is 9.97. The molecular weight excluding hydrogens is 527 g/mol. The molecule has 1 aromatic carbocycles. The molecule has 3 rings (SSSR count). The highest BCUT2D eigenvalue weighted by atomic mass is 127. The van der Waals surface area contributed by atoms with E-state index in [0.717, 1.165) is 11.4 Å². The summed E-state index contributed by atoms with van der Waals surface area (Å²) in [7, 11) is -1.65. The van der Waals surface area contributed by atoms with Crippen molar-refractivity contribution in [1.29, 1.82) is 0 Å². The number of guanidine groups is 1. The molecule has 0 unspecified atom stereocenters. The monoisotopic (exact) mass is 558 g/mol. The number of nitrogens with one attached hydrogen (secondary N) is 2. The first-order chi connectivity index (χ1) is 14.5. The molecular formula is C21H31IN6O2S. The van der Waals surface area contributed by atoms with Crippen molar-refractivity contribution in [2.75, 3.05) is 50.4 Å². The molecule has 2 heterocycles. The van der Waals surface area contributed by atoms with Gasteiger partial charge in [0.05, 0.1) is 5.75 Å². The standard InChI is InChI=1S/C21H30N6O2S.HI/c1-18-6-8-19(9-7-18)17-25-21(22-2)24-11-16-30(28,29)27-14-12-26(13-15-27)20-5-3-4-10-23-20;/h3-10H,11-17H2,1-2H3,(H2,22,24,25);1H. The minimum Gasteiger partial charge on any atom is -0.355 e. The Morgan fingerprint density at radius 3 is 2.39 bits per heavy atom. The summed E-state index contributed by atoms with van der Waals surface area (Å²) in [5.41, 5.74) is 2.36. The summed E-state index contributed by atoms with van der Waals surface area (Å²) >= 11 is 0. The molecule has 0 saturated carbocycles. The van der Waals surface area contributed by atoms with Crippen LogP contribution < -0.4 is 15.5 Å². The summed E-state index contributed by atoms with van der Waals surface area (Å²) in [5.74, 6) is 1.51. The third-order valence-corrected chi connectivity index (χ3v) is 6.93. The first-order valence-corrected chi connectivity index (χ1v) is 11.7. The normalized spacial score (nSPS) is 15.3. The van der Waals surface area contributed by atoms with Gasteiger partial charge in [0.15, 0.2) is 5.96 Å². The Balaban J connectivity index is 0.00000341. The number of pyridine rings is 1. The van der Waals surface area contributed by atoms with Crippen molar-refractivity contribution in [2.45, 2.75) is 13.5 Å². The number of hydrogen-bond donors (Lipinski definition) is 2. The molecule has 8 nitrogen and oxygen atoms in total. The summed E-state index contributed by atoms with van der Waals surface area (Å²) in [6.45, 7) is 5.21. The van der Waals surface area contributed by atoms with Crippen LogP contribution in [0.3, 0.4) is 0 Å². The fourth-order valence-corrected chi connectivity index (χ4v) is 4.61. The molecule has 0 amide bonds. The van der Waals surface area contributed by atoms with E-state index in [-0.39, 0.29) is 29.7 Å². The molecule has 2 aromatic rings. The summed E-state index contributed by atoms with van der Waals surface area (Å²) in [6, 6.07) is 14.0. The molecule has 1 aliphatic rings.